The summed E-state index contributed by atoms with van der Waals surface area (Å²) in [5.41, 5.74) is 12.7. The van der Waals surface area contributed by atoms with Gasteiger partial charge in [0.2, 0.25) is 0 Å². The molecule has 0 spiro atoms. The highest BCUT2D eigenvalue weighted by Crippen LogP contribution is 2.20. The molecule has 1 unspecified atom stereocenters. The van der Waals surface area contributed by atoms with E-state index in [0.29, 0.717) is 17.8 Å². The lowest BCUT2D eigenvalue weighted by Crippen LogP contribution is -2.33. The Kier molecular flexibility index (Phi) is 5.17. The summed E-state index contributed by atoms with van der Waals surface area (Å²) in [4.78, 5) is 4.39. The topological polar surface area (TPSA) is 77.8 Å². The van der Waals surface area contributed by atoms with Crippen molar-refractivity contribution in [2.75, 3.05) is 0 Å². The fourth-order valence-corrected chi connectivity index (χ4v) is 2.73. The van der Waals surface area contributed by atoms with Crippen LogP contribution in [0.4, 0.5) is 4.39 Å². The van der Waals surface area contributed by atoms with E-state index in [4.69, 9.17) is 11.5 Å². The molecule has 0 aliphatic heterocycles. The minimum absolute atomic E-state index is 0.116. The number of nitrogens with two attached hydrogens (primary N) is 2. The van der Waals surface area contributed by atoms with Gasteiger partial charge in [-0.3, -0.25) is 0 Å². The summed E-state index contributed by atoms with van der Waals surface area (Å²) in [7, 11) is 0. The number of benzene rings is 1. The van der Waals surface area contributed by atoms with Gasteiger partial charge in [0.25, 0.3) is 0 Å². The first kappa shape index (κ1) is 15.0. The van der Waals surface area contributed by atoms with Crippen LogP contribution < -0.4 is 11.5 Å². The van der Waals surface area contributed by atoms with Gasteiger partial charge in [-0.2, -0.15) is 4.37 Å². The minimum Gasteiger partial charge on any atom is -0.326 e. The molecule has 0 aliphatic carbocycles. The molecule has 0 fully saturated rings. The molecule has 4 N–H and O–H groups in total. The van der Waals surface area contributed by atoms with Gasteiger partial charge in [-0.25, -0.2) is 9.37 Å². The van der Waals surface area contributed by atoms with Gasteiger partial charge >= 0.3 is 0 Å². The van der Waals surface area contributed by atoms with Crippen LogP contribution in [0.15, 0.2) is 24.3 Å². The lowest BCUT2D eigenvalue weighted by atomic mass is 10.1. The molecule has 4 nitrogen and oxygen atoms in total. The first-order chi connectivity index (χ1) is 9.61. The molecule has 108 valence electrons. The standard InChI is InChI=1S/C14H19FN4S/c1-2-5-11(16)13(17)14-18-12(19-20-14)8-9-6-3-4-7-10(9)15/h3-4,6-7,11,13H,2,5,8,16-17H2,1H3/t11?,13-/m1/s1. The molecule has 0 saturated heterocycles. The maximum absolute atomic E-state index is 13.6. The van der Waals surface area contributed by atoms with Crippen molar-refractivity contribution in [2.24, 2.45) is 11.5 Å². The quantitative estimate of drug-likeness (QED) is 0.857. The van der Waals surface area contributed by atoms with Crippen molar-refractivity contribution in [3.8, 4) is 0 Å². The molecule has 1 aromatic carbocycles. The van der Waals surface area contributed by atoms with E-state index in [9.17, 15) is 4.39 Å². The molecular weight excluding hydrogens is 275 g/mol. The largest absolute Gasteiger partial charge is 0.326 e. The second-order valence-electron chi connectivity index (χ2n) is 4.80. The fourth-order valence-electron chi connectivity index (χ4n) is 1.98. The average Bonchev–Trinajstić information content (AvgIpc) is 2.89. The van der Waals surface area contributed by atoms with E-state index >= 15 is 0 Å². The van der Waals surface area contributed by atoms with Gasteiger partial charge in [0.15, 0.2) is 0 Å². The van der Waals surface area contributed by atoms with Crippen LogP contribution in [-0.2, 0) is 6.42 Å². The smallest absolute Gasteiger partial charge is 0.147 e. The number of halogens is 1. The Morgan fingerprint density at radius 1 is 1.30 bits per heavy atom. The van der Waals surface area contributed by atoms with Crippen LogP contribution in [0.1, 0.15) is 42.2 Å². The minimum atomic E-state index is -0.304. The summed E-state index contributed by atoms with van der Waals surface area (Å²) < 4.78 is 17.8. The molecule has 2 aromatic rings. The van der Waals surface area contributed by atoms with Gasteiger partial charge in [-0.1, -0.05) is 31.5 Å². The van der Waals surface area contributed by atoms with Crippen LogP contribution in [0.25, 0.3) is 0 Å². The van der Waals surface area contributed by atoms with E-state index in [2.05, 4.69) is 16.3 Å². The molecule has 6 heteroatoms. The molecule has 2 rings (SSSR count). The van der Waals surface area contributed by atoms with Gasteiger partial charge in [0.1, 0.15) is 16.6 Å². The Bertz CT molecular complexity index is 558. The Labute approximate surface area is 122 Å². The Hall–Kier alpha value is -1.37. The summed E-state index contributed by atoms with van der Waals surface area (Å²) >= 11 is 1.25. The van der Waals surface area contributed by atoms with E-state index in [0.717, 1.165) is 17.8 Å². The number of aromatic nitrogens is 2. The summed E-state index contributed by atoms with van der Waals surface area (Å²) in [5, 5.41) is 0.720. The summed E-state index contributed by atoms with van der Waals surface area (Å²) in [6.45, 7) is 2.07. The summed E-state index contributed by atoms with van der Waals surface area (Å²) in [6, 6.07) is 6.22. The second kappa shape index (κ2) is 6.88. The van der Waals surface area contributed by atoms with Crippen LogP contribution in [0.5, 0.6) is 0 Å². The monoisotopic (exact) mass is 294 g/mol. The second-order valence-corrected chi connectivity index (χ2v) is 5.58. The third kappa shape index (κ3) is 3.59. The normalized spacial score (nSPS) is 14.2. The predicted molar refractivity (Wildman–Crippen MR) is 78.9 cm³/mol. The molecule has 1 aromatic heterocycles. The summed E-state index contributed by atoms with van der Waals surface area (Å²) in [5.74, 6) is 0.352. The number of hydrogen-bond donors (Lipinski definition) is 2. The van der Waals surface area contributed by atoms with Gasteiger partial charge in [-0.15, -0.1) is 0 Å². The first-order valence-electron chi connectivity index (χ1n) is 6.68. The third-order valence-corrected chi connectivity index (χ3v) is 4.01. The number of rotatable bonds is 6. The molecule has 2 atom stereocenters. The van der Waals surface area contributed by atoms with E-state index < -0.39 is 0 Å². The average molecular weight is 294 g/mol. The molecule has 0 bridgehead atoms. The third-order valence-electron chi connectivity index (χ3n) is 3.16. The Morgan fingerprint density at radius 2 is 2.05 bits per heavy atom. The van der Waals surface area contributed by atoms with Gasteiger partial charge in [0.05, 0.1) is 6.04 Å². The van der Waals surface area contributed by atoms with Crippen LogP contribution in [0.2, 0.25) is 0 Å². The predicted octanol–water partition coefficient (Wildman–Crippen LogP) is 2.40. The van der Waals surface area contributed by atoms with Crippen LogP contribution in [0.3, 0.4) is 0 Å². The zero-order valence-electron chi connectivity index (χ0n) is 11.4. The number of hydrogen-bond acceptors (Lipinski definition) is 5. The van der Waals surface area contributed by atoms with Crippen LogP contribution in [-0.4, -0.2) is 15.4 Å². The maximum Gasteiger partial charge on any atom is 0.147 e. The lowest BCUT2D eigenvalue weighted by molar-refractivity contribution is 0.504. The van der Waals surface area contributed by atoms with Crippen molar-refractivity contribution in [1.82, 2.24) is 9.36 Å². The molecule has 0 saturated carbocycles. The SMILES string of the molecule is CCCC(N)[C@@H](N)c1nc(Cc2ccccc2F)ns1. The van der Waals surface area contributed by atoms with Crippen molar-refractivity contribution in [3.05, 3.63) is 46.5 Å². The van der Waals surface area contributed by atoms with Crippen LogP contribution >= 0.6 is 11.5 Å². The Morgan fingerprint density at radius 3 is 2.75 bits per heavy atom. The van der Waals surface area contributed by atoms with E-state index in [-0.39, 0.29) is 17.9 Å². The van der Waals surface area contributed by atoms with Crippen LogP contribution in [0, 0.1) is 5.82 Å². The molecule has 20 heavy (non-hydrogen) atoms. The van der Waals surface area contributed by atoms with Gasteiger partial charge < -0.3 is 11.5 Å². The highest BCUT2D eigenvalue weighted by Gasteiger charge is 2.19. The zero-order valence-corrected chi connectivity index (χ0v) is 12.2. The van der Waals surface area contributed by atoms with E-state index in [1.54, 1.807) is 18.2 Å². The molecule has 0 aliphatic rings. The van der Waals surface area contributed by atoms with Crippen molar-refractivity contribution in [3.63, 3.8) is 0 Å². The van der Waals surface area contributed by atoms with Crippen molar-refractivity contribution in [1.29, 1.82) is 0 Å². The van der Waals surface area contributed by atoms with E-state index in [1.165, 1.54) is 17.6 Å². The zero-order chi connectivity index (χ0) is 14.5. The lowest BCUT2D eigenvalue weighted by Gasteiger charge is -2.15. The van der Waals surface area contributed by atoms with Gasteiger partial charge in [-0.05, 0) is 29.6 Å². The first-order valence-corrected chi connectivity index (χ1v) is 7.46. The van der Waals surface area contributed by atoms with Crippen molar-refractivity contribution < 1.29 is 4.39 Å². The fraction of sp³-hybridized carbons (Fsp3) is 0.429. The maximum atomic E-state index is 13.6. The highest BCUT2D eigenvalue weighted by molar-refractivity contribution is 7.05. The molecule has 0 amide bonds. The molecular formula is C14H19FN4S. The van der Waals surface area contributed by atoms with Gasteiger partial charge in [0, 0.05) is 12.5 Å². The van der Waals surface area contributed by atoms with Crippen molar-refractivity contribution in [2.45, 2.75) is 38.3 Å². The van der Waals surface area contributed by atoms with E-state index in [1.807, 2.05) is 0 Å². The number of nitrogens with zero attached hydrogens (tertiary/aromatic N) is 2. The molecule has 1 heterocycles. The Balaban J connectivity index is 2.07. The highest BCUT2D eigenvalue weighted by atomic mass is 32.1. The summed E-state index contributed by atoms with van der Waals surface area (Å²) in [6.07, 6.45) is 2.21. The van der Waals surface area contributed by atoms with Crippen molar-refractivity contribution >= 4 is 11.5 Å². The molecule has 0 radical (unpaired) electrons.